The molecule has 5 N–H and O–H groups in total. The second-order valence-corrected chi connectivity index (χ2v) is 3.19. The van der Waals surface area contributed by atoms with Crippen molar-refractivity contribution in [1.82, 2.24) is 9.97 Å². The number of hydrogen-bond acceptors (Lipinski definition) is 6. The Morgan fingerprint density at radius 1 is 1.60 bits per heavy atom. The smallest absolute Gasteiger partial charge is 0.239 e. The molecule has 15 heavy (non-hydrogen) atoms. The molecule has 1 unspecified atom stereocenters. The second-order valence-electron chi connectivity index (χ2n) is 3.19. The highest BCUT2D eigenvalue weighted by atomic mass is 16.3. The highest BCUT2D eigenvalue weighted by molar-refractivity contribution is 5.38. The SMILES string of the molecule is CCC(O)CCNc1ccnc(NN)n1. The van der Waals surface area contributed by atoms with Crippen molar-refractivity contribution in [3.05, 3.63) is 12.3 Å². The number of hydrogen-bond donors (Lipinski definition) is 4. The van der Waals surface area contributed by atoms with Gasteiger partial charge in [0, 0.05) is 12.7 Å². The Hall–Kier alpha value is -1.40. The van der Waals surface area contributed by atoms with Crippen LogP contribution in [0.3, 0.4) is 0 Å². The first kappa shape index (κ1) is 11.7. The first-order chi connectivity index (χ1) is 7.26. The summed E-state index contributed by atoms with van der Waals surface area (Å²) in [4.78, 5) is 7.95. The van der Waals surface area contributed by atoms with E-state index in [-0.39, 0.29) is 6.10 Å². The summed E-state index contributed by atoms with van der Waals surface area (Å²) in [7, 11) is 0. The third-order valence-corrected chi connectivity index (χ3v) is 2.04. The molecule has 0 aromatic carbocycles. The lowest BCUT2D eigenvalue weighted by atomic mass is 10.2. The Bertz CT molecular complexity index is 294. The molecule has 0 radical (unpaired) electrons. The van der Waals surface area contributed by atoms with Crippen LogP contribution in [0.4, 0.5) is 11.8 Å². The van der Waals surface area contributed by atoms with Crippen LogP contribution in [0, 0.1) is 0 Å². The van der Waals surface area contributed by atoms with Crippen molar-refractivity contribution in [3.63, 3.8) is 0 Å². The minimum Gasteiger partial charge on any atom is -0.393 e. The summed E-state index contributed by atoms with van der Waals surface area (Å²) in [5, 5.41) is 12.4. The predicted octanol–water partition coefficient (Wildman–Crippen LogP) is 0.335. The van der Waals surface area contributed by atoms with Crippen LogP contribution in [0.15, 0.2) is 12.3 Å². The first-order valence-electron chi connectivity index (χ1n) is 4.98. The minimum absolute atomic E-state index is 0.258. The molecule has 6 heteroatoms. The molecule has 0 spiro atoms. The predicted molar refractivity (Wildman–Crippen MR) is 59.2 cm³/mol. The zero-order chi connectivity index (χ0) is 11.1. The number of rotatable bonds is 6. The average Bonchev–Trinajstić information content (AvgIpc) is 2.29. The largest absolute Gasteiger partial charge is 0.393 e. The van der Waals surface area contributed by atoms with Crippen molar-refractivity contribution < 1.29 is 5.11 Å². The van der Waals surface area contributed by atoms with Gasteiger partial charge in [-0.3, -0.25) is 5.43 Å². The van der Waals surface area contributed by atoms with E-state index in [1.807, 2.05) is 6.92 Å². The van der Waals surface area contributed by atoms with Gasteiger partial charge in [0.2, 0.25) is 5.95 Å². The van der Waals surface area contributed by atoms with Gasteiger partial charge >= 0.3 is 0 Å². The van der Waals surface area contributed by atoms with E-state index in [4.69, 9.17) is 5.84 Å². The van der Waals surface area contributed by atoms with Crippen molar-refractivity contribution in [2.45, 2.75) is 25.9 Å². The normalized spacial score (nSPS) is 12.2. The van der Waals surface area contributed by atoms with E-state index < -0.39 is 0 Å². The van der Waals surface area contributed by atoms with Gasteiger partial charge in [0.15, 0.2) is 0 Å². The van der Waals surface area contributed by atoms with Crippen molar-refractivity contribution >= 4 is 11.8 Å². The summed E-state index contributed by atoms with van der Waals surface area (Å²) < 4.78 is 0. The van der Waals surface area contributed by atoms with Crippen LogP contribution in [-0.2, 0) is 0 Å². The number of nitrogens with zero attached hydrogens (tertiary/aromatic N) is 2. The third kappa shape index (κ3) is 4.09. The van der Waals surface area contributed by atoms with Crippen molar-refractivity contribution in [2.24, 2.45) is 5.84 Å². The van der Waals surface area contributed by atoms with E-state index in [2.05, 4.69) is 20.7 Å². The van der Waals surface area contributed by atoms with E-state index in [9.17, 15) is 5.11 Å². The van der Waals surface area contributed by atoms with Crippen molar-refractivity contribution in [3.8, 4) is 0 Å². The van der Waals surface area contributed by atoms with Gasteiger partial charge in [0.1, 0.15) is 5.82 Å². The van der Waals surface area contributed by atoms with Crippen LogP contribution >= 0.6 is 0 Å². The van der Waals surface area contributed by atoms with E-state index in [0.717, 1.165) is 6.42 Å². The molecule has 84 valence electrons. The van der Waals surface area contributed by atoms with Crippen LogP contribution < -0.4 is 16.6 Å². The molecule has 0 bridgehead atoms. The highest BCUT2D eigenvalue weighted by Gasteiger charge is 2.01. The van der Waals surface area contributed by atoms with Gasteiger partial charge in [0.05, 0.1) is 6.10 Å². The van der Waals surface area contributed by atoms with Gasteiger partial charge in [-0.15, -0.1) is 0 Å². The van der Waals surface area contributed by atoms with E-state index in [1.165, 1.54) is 0 Å². The molecule has 1 heterocycles. The fraction of sp³-hybridized carbons (Fsp3) is 0.556. The Morgan fingerprint density at radius 3 is 3.07 bits per heavy atom. The standard InChI is InChI=1S/C9H17N5O/c1-2-7(15)3-5-11-8-4-6-12-9(13-8)14-10/h4,6-7,15H,2-3,5,10H2,1H3,(H2,11,12,13,14). The maximum absolute atomic E-state index is 9.33. The van der Waals surface area contributed by atoms with E-state index in [1.54, 1.807) is 12.3 Å². The molecule has 1 atom stereocenters. The molecular formula is C9H17N5O. The van der Waals surface area contributed by atoms with Crippen LogP contribution in [0.1, 0.15) is 19.8 Å². The Kier molecular flexibility index (Phi) is 4.79. The summed E-state index contributed by atoms with van der Waals surface area (Å²) >= 11 is 0. The van der Waals surface area contributed by atoms with Crippen LogP contribution in [0.25, 0.3) is 0 Å². The van der Waals surface area contributed by atoms with Crippen LogP contribution in [0.5, 0.6) is 0 Å². The number of nitrogen functional groups attached to an aromatic ring is 1. The Morgan fingerprint density at radius 2 is 2.40 bits per heavy atom. The number of aliphatic hydroxyl groups excluding tert-OH is 1. The van der Waals surface area contributed by atoms with Gasteiger partial charge in [-0.2, -0.15) is 4.98 Å². The lowest BCUT2D eigenvalue weighted by Crippen LogP contribution is -2.14. The topological polar surface area (TPSA) is 96.1 Å². The van der Waals surface area contributed by atoms with Gasteiger partial charge < -0.3 is 10.4 Å². The molecule has 0 aliphatic heterocycles. The monoisotopic (exact) mass is 211 g/mol. The zero-order valence-corrected chi connectivity index (χ0v) is 8.77. The number of anilines is 2. The Labute approximate surface area is 88.9 Å². The number of aromatic nitrogens is 2. The number of nitrogens with one attached hydrogen (secondary N) is 2. The maximum Gasteiger partial charge on any atom is 0.239 e. The van der Waals surface area contributed by atoms with Crippen molar-refractivity contribution in [1.29, 1.82) is 0 Å². The zero-order valence-electron chi connectivity index (χ0n) is 8.77. The fourth-order valence-corrected chi connectivity index (χ4v) is 1.10. The molecule has 0 aliphatic carbocycles. The lowest BCUT2D eigenvalue weighted by molar-refractivity contribution is 0.164. The average molecular weight is 211 g/mol. The molecule has 0 saturated carbocycles. The molecule has 0 fully saturated rings. The number of hydrazine groups is 1. The van der Waals surface area contributed by atoms with Gasteiger partial charge in [-0.05, 0) is 18.9 Å². The molecule has 0 amide bonds. The molecule has 1 aromatic rings. The van der Waals surface area contributed by atoms with Gasteiger partial charge in [0.25, 0.3) is 0 Å². The summed E-state index contributed by atoms with van der Waals surface area (Å²) in [6, 6.07) is 1.75. The number of aliphatic hydroxyl groups is 1. The summed E-state index contributed by atoms with van der Waals surface area (Å²) in [6.07, 6.45) is 2.82. The molecule has 1 aromatic heterocycles. The highest BCUT2D eigenvalue weighted by Crippen LogP contribution is 2.05. The molecular weight excluding hydrogens is 194 g/mol. The summed E-state index contributed by atoms with van der Waals surface area (Å²) in [5.74, 6) is 6.24. The fourth-order valence-electron chi connectivity index (χ4n) is 1.10. The Balaban J connectivity index is 2.37. The molecule has 0 aliphatic rings. The van der Waals surface area contributed by atoms with Crippen LogP contribution in [0.2, 0.25) is 0 Å². The number of nitrogens with two attached hydrogens (primary N) is 1. The van der Waals surface area contributed by atoms with E-state index >= 15 is 0 Å². The minimum atomic E-state index is -0.258. The molecule has 1 rings (SSSR count). The molecule has 0 saturated heterocycles. The van der Waals surface area contributed by atoms with E-state index in [0.29, 0.717) is 24.7 Å². The first-order valence-corrected chi connectivity index (χ1v) is 4.98. The van der Waals surface area contributed by atoms with Gasteiger partial charge in [-0.25, -0.2) is 10.8 Å². The molecule has 6 nitrogen and oxygen atoms in total. The quantitative estimate of drug-likeness (QED) is 0.400. The van der Waals surface area contributed by atoms with Gasteiger partial charge in [-0.1, -0.05) is 6.92 Å². The van der Waals surface area contributed by atoms with Crippen molar-refractivity contribution in [2.75, 3.05) is 17.3 Å². The summed E-state index contributed by atoms with van der Waals surface area (Å²) in [6.45, 7) is 2.63. The lowest BCUT2D eigenvalue weighted by Gasteiger charge is -2.09. The third-order valence-electron chi connectivity index (χ3n) is 2.04. The van der Waals surface area contributed by atoms with Crippen LogP contribution in [-0.4, -0.2) is 27.7 Å². The second kappa shape index (κ2) is 6.15. The maximum atomic E-state index is 9.33. The summed E-state index contributed by atoms with van der Waals surface area (Å²) in [5.41, 5.74) is 2.37.